The summed E-state index contributed by atoms with van der Waals surface area (Å²) in [6.07, 6.45) is 4.61. The molecule has 1 aromatic heterocycles. The molecule has 2 aromatic rings. The maximum atomic E-state index is 11.9. The molecule has 0 unspecified atom stereocenters. The molecule has 0 atom stereocenters. The molecule has 24 heavy (non-hydrogen) atoms. The molecule has 0 aliphatic heterocycles. The summed E-state index contributed by atoms with van der Waals surface area (Å²) in [7, 11) is 0. The van der Waals surface area contributed by atoms with Crippen LogP contribution in [0.1, 0.15) is 37.1 Å². The van der Waals surface area contributed by atoms with E-state index in [1.165, 1.54) is 30.2 Å². The standard InChI is InChI=1S/C17H22N4O2S/c1-12-6-8-14(9-7-12)23-10-15-19-17(21-20-15)24-11-16(22)18-13-4-2-3-5-13/h6-9,13H,2-5,10-11H2,1H3,(H,18,22)(H,19,20,21). The van der Waals surface area contributed by atoms with Crippen molar-refractivity contribution >= 4 is 17.7 Å². The van der Waals surface area contributed by atoms with Gasteiger partial charge in [-0.05, 0) is 31.9 Å². The number of carbonyl (C=O) groups excluding carboxylic acids is 1. The van der Waals surface area contributed by atoms with Crippen molar-refractivity contribution in [1.29, 1.82) is 0 Å². The maximum absolute atomic E-state index is 11.9. The van der Waals surface area contributed by atoms with E-state index in [2.05, 4.69) is 20.5 Å². The fraction of sp³-hybridized carbons (Fsp3) is 0.471. The third-order valence-electron chi connectivity index (χ3n) is 3.96. The molecule has 1 saturated carbocycles. The Morgan fingerprint density at radius 1 is 1.33 bits per heavy atom. The van der Waals surface area contributed by atoms with Crippen molar-refractivity contribution in [2.75, 3.05) is 5.75 Å². The molecule has 0 radical (unpaired) electrons. The van der Waals surface area contributed by atoms with E-state index in [4.69, 9.17) is 4.74 Å². The first-order valence-corrected chi connectivity index (χ1v) is 9.20. The second kappa shape index (κ2) is 8.19. The number of hydrogen-bond acceptors (Lipinski definition) is 5. The third-order valence-corrected chi connectivity index (χ3v) is 4.81. The van der Waals surface area contributed by atoms with Gasteiger partial charge in [0.1, 0.15) is 12.4 Å². The predicted molar refractivity (Wildman–Crippen MR) is 93.0 cm³/mol. The molecule has 1 aliphatic rings. The summed E-state index contributed by atoms with van der Waals surface area (Å²) < 4.78 is 5.65. The quantitative estimate of drug-likeness (QED) is 0.754. The van der Waals surface area contributed by atoms with Gasteiger partial charge in [0.15, 0.2) is 5.82 Å². The Kier molecular flexibility index (Phi) is 5.74. The molecular weight excluding hydrogens is 324 g/mol. The van der Waals surface area contributed by atoms with Crippen LogP contribution in [-0.2, 0) is 11.4 Å². The Morgan fingerprint density at radius 2 is 2.08 bits per heavy atom. The molecule has 7 heteroatoms. The second-order valence-electron chi connectivity index (χ2n) is 6.00. The van der Waals surface area contributed by atoms with E-state index in [0.29, 0.717) is 29.4 Å². The number of benzene rings is 1. The number of aromatic nitrogens is 3. The number of carbonyl (C=O) groups is 1. The van der Waals surface area contributed by atoms with Gasteiger partial charge in [0.25, 0.3) is 0 Å². The van der Waals surface area contributed by atoms with E-state index >= 15 is 0 Å². The van der Waals surface area contributed by atoms with E-state index in [-0.39, 0.29) is 5.91 Å². The highest BCUT2D eigenvalue weighted by atomic mass is 32.2. The molecule has 0 spiro atoms. The highest BCUT2D eigenvalue weighted by Crippen LogP contribution is 2.19. The first-order chi connectivity index (χ1) is 11.7. The Balaban J connectivity index is 1.41. The van der Waals surface area contributed by atoms with Crippen LogP contribution in [0.15, 0.2) is 29.4 Å². The number of amides is 1. The van der Waals surface area contributed by atoms with Crippen LogP contribution in [0.4, 0.5) is 0 Å². The fourth-order valence-corrected chi connectivity index (χ4v) is 3.29. The lowest BCUT2D eigenvalue weighted by Gasteiger charge is -2.10. The lowest BCUT2D eigenvalue weighted by molar-refractivity contribution is -0.119. The van der Waals surface area contributed by atoms with Gasteiger partial charge in [0.2, 0.25) is 11.1 Å². The largest absolute Gasteiger partial charge is 0.486 e. The number of ether oxygens (including phenoxy) is 1. The van der Waals surface area contributed by atoms with Gasteiger partial charge < -0.3 is 10.1 Å². The summed E-state index contributed by atoms with van der Waals surface area (Å²) in [4.78, 5) is 16.2. The molecule has 6 nitrogen and oxygen atoms in total. The van der Waals surface area contributed by atoms with Crippen molar-refractivity contribution in [2.45, 2.75) is 50.4 Å². The van der Waals surface area contributed by atoms with Crippen LogP contribution in [0.3, 0.4) is 0 Å². The SMILES string of the molecule is Cc1ccc(OCc2nc(SCC(=O)NC3CCCC3)n[nH]2)cc1. The molecule has 1 aromatic carbocycles. The number of nitrogens with zero attached hydrogens (tertiary/aromatic N) is 2. The van der Waals surface area contributed by atoms with Gasteiger partial charge in [-0.2, -0.15) is 0 Å². The van der Waals surface area contributed by atoms with Gasteiger partial charge in [-0.25, -0.2) is 4.98 Å². The number of rotatable bonds is 7. The molecule has 0 saturated heterocycles. The molecule has 1 aliphatic carbocycles. The van der Waals surface area contributed by atoms with Crippen LogP contribution in [0, 0.1) is 6.92 Å². The molecule has 1 heterocycles. The molecule has 2 N–H and O–H groups in total. The Morgan fingerprint density at radius 3 is 2.83 bits per heavy atom. The van der Waals surface area contributed by atoms with Crippen molar-refractivity contribution in [3.8, 4) is 5.75 Å². The van der Waals surface area contributed by atoms with Gasteiger partial charge in [-0.1, -0.05) is 42.3 Å². The average molecular weight is 346 g/mol. The lowest BCUT2D eigenvalue weighted by Crippen LogP contribution is -2.33. The van der Waals surface area contributed by atoms with E-state index in [1.807, 2.05) is 31.2 Å². The third kappa shape index (κ3) is 4.99. The zero-order valence-electron chi connectivity index (χ0n) is 13.7. The summed E-state index contributed by atoms with van der Waals surface area (Å²) in [6, 6.07) is 8.20. The smallest absolute Gasteiger partial charge is 0.230 e. The zero-order chi connectivity index (χ0) is 16.8. The first-order valence-electron chi connectivity index (χ1n) is 8.22. The van der Waals surface area contributed by atoms with Gasteiger partial charge in [-0.3, -0.25) is 9.89 Å². The number of hydrogen-bond donors (Lipinski definition) is 2. The van der Waals surface area contributed by atoms with Crippen LogP contribution in [0.2, 0.25) is 0 Å². The maximum Gasteiger partial charge on any atom is 0.230 e. The van der Waals surface area contributed by atoms with Crippen molar-refractivity contribution in [3.63, 3.8) is 0 Å². The van der Waals surface area contributed by atoms with E-state index in [0.717, 1.165) is 18.6 Å². The van der Waals surface area contributed by atoms with Gasteiger partial charge in [0, 0.05) is 6.04 Å². The van der Waals surface area contributed by atoms with Crippen LogP contribution in [0.5, 0.6) is 5.75 Å². The molecule has 1 fully saturated rings. The summed E-state index contributed by atoms with van der Waals surface area (Å²) in [5.74, 6) is 1.83. The molecule has 1 amide bonds. The normalized spacial score (nSPS) is 14.7. The summed E-state index contributed by atoms with van der Waals surface area (Å²) in [5.41, 5.74) is 1.19. The van der Waals surface area contributed by atoms with Crippen molar-refractivity contribution in [2.24, 2.45) is 0 Å². The van der Waals surface area contributed by atoms with Crippen LogP contribution in [0.25, 0.3) is 0 Å². The number of thioether (sulfide) groups is 1. The van der Waals surface area contributed by atoms with Crippen molar-refractivity contribution in [3.05, 3.63) is 35.7 Å². The van der Waals surface area contributed by atoms with E-state index in [1.54, 1.807) is 0 Å². The highest BCUT2D eigenvalue weighted by Gasteiger charge is 2.17. The number of aryl methyl sites for hydroxylation is 1. The van der Waals surface area contributed by atoms with Crippen LogP contribution >= 0.6 is 11.8 Å². The second-order valence-corrected chi connectivity index (χ2v) is 6.95. The number of H-pyrrole nitrogens is 1. The average Bonchev–Trinajstić information content (AvgIpc) is 3.24. The minimum Gasteiger partial charge on any atom is -0.486 e. The summed E-state index contributed by atoms with van der Waals surface area (Å²) in [6.45, 7) is 2.36. The van der Waals surface area contributed by atoms with Crippen LogP contribution < -0.4 is 10.1 Å². The van der Waals surface area contributed by atoms with E-state index < -0.39 is 0 Å². The fourth-order valence-electron chi connectivity index (χ4n) is 2.66. The Labute approximate surface area is 145 Å². The number of aromatic amines is 1. The Hall–Kier alpha value is -2.02. The minimum absolute atomic E-state index is 0.0501. The van der Waals surface area contributed by atoms with E-state index in [9.17, 15) is 4.79 Å². The number of nitrogens with one attached hydrogen (secondary N) is 2. The Bertz CT molecular complexity index is 665. The van der Waals surface area contributed by atoms with Crippen LogP contribution in [-0.4, -0.2) is 32.9 Å². The van der Waals surface area contributed by atoms with Crippen molar-refractivity contribution in [1.82, 2.24) is 20.5 Å². The predicted octanol–water partition coefficient (Wildman–Crippen LogP) is 2.84. The molecule has 3 rings (SSSR count). The summed E-state index contributed by atoms with van der Waals surface area (Å²) >= 11 is 1.34. The molecule has 0 bridgehead atoms. The van der Waals surface area contributed by atoms with Gasteiger partial charge in [0.05, 0.1) is 5.75 Å². The van der Waals surface area contributed by atoms with Gasteiger partial charge >= 0.3 is 0 Å². The summed E-state index contributed by atoms with van der Waals surface area (Å²) in [5, 5.41) is 10.6. The lowest BCUT2D eigenvalue weighted by atomic mass is 10.2. The first kappa shape index (κ1) is 16.8. The zero-order valence-corrected chi connectivity index (χ0v) is 14.6. The van der Waals surface area contributed by atoms with Gasteiger partial charge in [-0.15, -0.1) is 5.10 Å². The monoisotopic (exact) mass is 346 g/mol. The molecule has 128 valence electrons. The highest BCUT2D eigenvalue weighted by molar-refractivity contribution is 7.99. The topological polar surface area (TPSA) is 79.9 Å². The molecular formula is C17H22N4O2S. The minimum atomic E-state index is 0.0501. The van der Waals surface area contributed by atoms with Crippen molar-refractivity contribution < 1.29 is 9.53 Å².